The zero-order valence-corrected chi connectivity index (χ0v) is 11.5. The van der Waals surface area contributed by atoms with Gasteiger partial charge in [-0.25, -0.2) is 0 Å². The van der Waals surface area contributed by atoms with Crippen LogP contribution in [0.5, 0.6) is 0 Å². The van der Waals surface area contributed by atoms with E-state index in [1.165, 1.54) is 7.11 Å². The number of nitrogens with one attached hydrogen (secondary N) is 1. The molecule has 4 nitrogen and oxygen atoms in total. The molecule has 1 rings (SSSR count). The minimum Gasteiger partial charge on any atom is -0.469 e. The number of benzene rings is 1. The Morgan fingerprint density at radius 1 is 1.26 bits per heavy atom. The lowest BCUT2D eigenvalue weighted by atomic mass is 10.0. The molecular weight excluding hydrogens is 242 g/mol. The summed E-state index contributed by atoms with van der Waals surface area (Å²) < 4.78 is 4.67. The lowest BCUT2D eigenvalue weighted by Crippen LogP contribution is -2.30. The van der Waals surface area contributed by atoms with Crippen LogP contribution in [0, 0.1) is 0 Å². The Hall–Kier alpha value is -1.84. The summed E-state index contributed by atoms with van der Waals surface area (Å²) in [5, 5.41) is 2.89. The number of esters is 1. The Kier molecular flexibility index (Phi) is 6.64. The first-order chi connectivity index (χ1) is 9.17. The minimum atomic E-state index is -0.329. The molecule has 1 aromatic carbocycles. The van der Waals surface area contributed by atoms with Crippen molar-refractivity contribution in [1.82, 2.24) is 5.32 Å². The van der Waals surface area contributed by atoms with Crippen LogP contribution in [0.3, 0.4) is 0 Å². The minimum absolute atomic E-state index is 0.0281. The van der Waals surface area contributed by atoms with E-state index in [4.69, 9.17) is 0 Å². The molecule has 0 saturated carbocycles. The molecule has 1 N–H and O–H groups in total. The summed E-state index contributed by atoms with van der Waals surface area (Å²) in [5.41, 5.74) is 0.915. The van der Waals surface area contributed by atoms with Crippen molar-refractivity contribution in [3.63, 3.8) is 0 Å². The summed E-state index contributed by atoms with van der Waals surface area (Å²) >= 11 is 0. The number of amides is 1. The second kappa shape index (κ2) is 8.29. The van der Waals surface area contributed by atoms with Gasteiger partial charge in [0.05, 0.1) is 19.6 Å². The summed E-state index contributed by atoms with van der Waals surface area (Å²) in [5.74, 6) is -0.357. The highest BCUT2D eigenvalue weighted by atomic mass is 16.5. The number of hydrogen-bond donors (Lipinski definition) is 1. The van der Waals surface area contributed by atoms with Crippen LogP contribution in [-0.4, -0.2) is 19.0 Å². The molecule has 0 aromatic heterocycles. The molecule has 19 heavy (non-hydrogen) atoms. The van der Waals surface area contributed by atoms with E-state index in [0.717, 1.165) is 18.4 Å². The number of hydrogen-bond acceptors (Lipinski definition) is 3. The van der Waals surface area contributed by atoms with Crippen LogP contribution in [0.4, 0.5) is 0 Å². The zero-order valence-electron chi connectivity index (χ0n) is 11.5. The van der Waals surface area contributed by atoms with Gasteiger partial charge in [0.1, 0.15) is 0 Å². The van der Waals surface area contributed by atoms with E-state index in [1.54, 1.807) is 0 Å². The van der Waals surface area contributed by atoms with E-state index < -0.39 is 0 Å². The highest BCUT2D eigenvalue weighted by Crippen LogP contribution is 2.17. The van der Waals surface area contributed by atoms with Crippen molar-refractivity contribution in [2.75, 3.05) is 7.11 Å². The fraction of sp³-hybridized carbons (Fsp3) is 0.467. The van der Waals surface area contributed by atoms with E-state index in [2.05, 4.69) is 10.1 Å². The SMILES string of the molecule is CCCCC(=O)NC(CC(=O)OC)c1ccccc1. The number of methoxy groups -OCH3 is 1. The fourth-order valence-electron chi connectivity index (χ4n) is 1.79. The van der Waals surface area contributed by atoms with Crippen LogP contribution in [0.1, 0.15) is 44.2 Å². The monoisotopic (exact) mass is 263 g/mol. The molecule has 4 heteroatoms. The van der Waals surface area contributed by atoms with Crippen molar-refractivity contribution >= 4 is 11.9 Å². The maximum absolute atomic E-state index is 11.8. The van der Waals surface area contributed by atoms with Crippen LogP contribution in [0.15, 0.2) is 30.3 Å². The Bertz CT molecular complexity index is 403. The molecule has 1 unspecified atom stereocenters. The Labute approximate surface area is 114 Å². The van der Waals surface area contributed by atoms with E-state index >= 15 is 0 Å². The van der Waals surface area contributed by atoms with Gasteiger partial charge in [-0.2, -0.15) is 0 Å². The first-order valence-corrected chi connectivity index (χ1v) is 6.58. The summed E-state index contributed by atoms with van der Waals surface area (Å²) in [7, 11) is 1.35. The fourth-order valence-corrected chi connectivity index (χ4v) is 1.79. The van der Waals surface area contributed by atoms with Crippen LogP contribution >= 0.6 is 0 Å². The number of carbonyl (C=O) groups is 2. The Balaban J connectivity index is 2.70. The number of ether oxygens (including phenoxy) is 1. The molecule has 0 bridgehead atoms. The molecule has 0 saturated heterocycles. The molecule has 0 aliphatic carbocycles. The molecule has 0 aliphatic rings. The molecule has 0 radical (unpaired) electrons. The standard InChI is InChI=1S/C15H21NO3/c1-3-4-10-14(17)16-13(11-15(18)19-2)12-8-6-5-7-9-12/h5-9,13H,3-4,10-11H2,1-2H3,(H,16,17). The van der Waals surface area contributed by atoms with Crippen LogP contribution < -0.4 is 5.32 Å². The van der Waals surface area contributed by atoms with Crippen molar-refractivity contribution < 1.29 is 14.3 Å². The van der Waals surface area contributed by atoms with E-state index in [-0.39, 0.29) is 24.3 Å². The first kappa shape index (κ1) is 15.2. The van der Waals surface area contributed by atoms with Crippen LogP contribution in [0.25, 0.3) is 0 Å². The van der Waals surface area contributed by atoms with E-state index in [9.17, 15) is 9.59 Å². The number of rotatable bonds is 7. The molecule has 1 amide bonds. The molecule has 104 valence electrons. The smallest absolute Gasteiger partial charge is 0.307 e. The highest BCUT2D eigenvalue weighted by Gasteiger charge is 2.18. The Morgan fingerprint density at radius 2 is 1.95 bits per heavy atom. The molecule has 1 aromatic rings. The summed E-state index contributed by atoms with van der Waals surface area (Å²) in [6.07, 6.45) is 2.46. The van der Waals surface area contributed by atoms with Gasteiger partial charge >= 0.3 is 5.97 Å². The van der Waals surface area contributed by atoms with Crippen molar-refractivity contribution in [1.29, 1.82) is 0 Å². The third-order valence-corrected chi connectivity index (χ3v) is 2.89. The van der Waals surface area contributed by atoms with Crippen molar-refractivity contribution in [3.05, 3.63) is 35.9 Å². The van der Waals surface area contributed by atoms with Gasteiger partial charge in [0.15, 0.2) is 0 Å². The lowest BCUT2D eigenvalue weighted by Gasteiger charge is -2.18. The van der Waals surface area contributed by atoms with Crippen LogP contribution in [0.2, 0.25) is 0 Å². The first-order valence-electron chi connectivity index (χ1n) is 6.58. The molecule has 0 spiro atoms. The summed E-state index contributed by atoms with van der Waals surface area (Å²) in [6.45, 7) is 2.04. The molecular formula is C15H21NO3. The van der Waals surface area contributed by atoms with Gasteiger partial charge in [-0.05, 0) is 12.0 Å². The van der Waals surface area contributed by atoms with Gasteiger partial charge in [-0.3, -0.25) is 9.59 Å². The molecule has 0 heterocycles. The third kappa shape index (κ3) is 5.55. The molecule has 1 atom stereocenters. The van der Waals surface area contributed by atoms with Crippen molar-refractivity contribution in [3.8, 4) is 0 Å². The third-order valence-electron chi connectivity index (χ3n) is 2.89. The van der Waals surface area contributed by atoms with Gasteiger partial charge < -0.3 is 10.1 Å². The van der Waals surface area contributed by atoms with Crippen molar-refractivity contribution in [2.45, 2.75) is 38.6 Å². The van der Waals surface area contributed by atoms with E-state index in [1.807, 2.05) is 37.3 Å². The second-order valence-electron chi connectivity index (χ2n) is 4.41. The predicted molar refractivity (Wildman–Crippen MR) is 73.5 cm³/mol. The van der Waals surface area contributed by atoms with Gasteiger partial charge in [-0.15, -0.1) is 0 Å². The predicted octanol–water partition coefficient (Wildman–Crippen LogP) is 2.60. The zero-order chi connectivity index (χ0) is 14.1. The molecule has 0 aliphatic heterocycles. The summed E-state index contributed by atoms with van der Waals surface area (Å²) in [6, 6.07) is 9.15. The maximum Gasteiger partial charge on any atom is 0.307 e. The average molecular weight is 263 g/mol. The van der Waals surface area contributed by atoms with Crippen molar-refractivity contribution in [2.24, 2.45) is 0 Å². The second-order valence-corrected chi connectivity index (χ2v) is 4.41. The Morgan fingerprint density at radius 3 is 2.53 bits per heavy atom. The highest BCUT2D eigenvalue weighted by molar-refractivity contribution is 5.78. The normalized spacial score (nSPS) is 11.7. The van der Waals surface area contributed by atoms with Gasteiger partial charge in [0.25, 0.3) is 0 Å². The maximum atomic E-state index is 11.8. The van der Waals surface area contributed by atoms with Crippen LogP contribution in [-0.2, 0) is 14.3 Å². The average Bonchev–Trinajstić information content (AvgIpc) is 2.45. The quantitative estimate of drug-likeness (QED) is 0.769. The topological polar surface area (TPSA) is 55.4 Å². The number of unbranched alkanes of at least 4 members (excludes halogenated alkanes) is 1. The molecule has 0 fully saturated rings. The van der Waals surface area contributed by atoms with E-state index in [0.29, 0.717) is 6.42 Å². The largest absolute Gasteiger partial charge is 0.469 e. The summed E-state index contributed by atoms with van der Waals surface area (Å²) in [4.78, 5) is 23.2. The number of carbonyl (C=O) groups excluding carboxylic acids is 2. The van der Waals surface area contributed by atoms with Gasteiger partial charge in [0, 0.05) is 6.42 Å². The van der Waals surface area contributed by atoms with Gasteiger partial charge in [0.2, 0.25) is 5.91 Å². The lowest BCUT2D eigenvalue weighted by molar-refractivity contribution is -0.141. The van der Waals surface area contributed by atoms with Gasteiger partial charge in [-0.1, -0.05) is 43.7 Å².